The van der Waals surface area contributed by atoms with Crippen LogP contribution < -0.4 is 5.32 Å². The first-order chi connectivity index (χ1) is 10.7. The molecule has 0 aliphatic carbocycles. The number of rotatable bonds is 5. The van der Waals surface area contributed by atoms with Crippen molar-refractivity contribution in [1.29, 1.82) is 0 Å². The smallest absolute Gasteiger partial charge is 0.267 e. The molecule has 1 aromatic carbocycles. The van der Waals surface area contributed by atoms with E-state index >= 15 is 0 Å². The Morgan fingerprint density at radius 1 is 1.27 bits per heavy atom. The van der Waals surface area contributed by atoms with Gasteiger partial charge in [0.1, 0.15) is 0 Å². The summed E-state index contributed by atoms with van der Waals surface area (Å²) in [6.07, 6.45) is 0. The van der Waals surface area contributed by atoms with E-state index in [1.54, 1.807) is 17.8 Å². The molecule has 112 valence electrons. The lowest BCUT2D eigenvalue weighted by atomic mass is 10.2. The minimum atomic E-state index is -0.138. The second-order valence-corrected chi connectivity index (χ2v) is 7.73. The number of benzene rings is 1. The van der Waals surface area contributed by atoms with Crippen LogP contribution in [-0.4, -0.2) is 16.1 Å². The fraction of sp³-hybridized carbons (Fsp3) is 0.133. The van der Waals surface area contributed by atoms with Crippen molar-refractivity contribution in [2.45, 2.75) is 17.0 Å². The first-order valence-electron chi connectivity index (χ1n) is 6.57. The van der Waals surface area contributed by atoms with Gasteiger partial charge in [0, 0.05) is 5.75 Å². The third-order valence-corrected chi connectivity index (χ3v) is 5.73. The molecule has 2 aromatic heterocycles. The molecule has 0 saturated heterocycles. The number of hydrogen-bond donors (Lipinski definition) is 1. The summed E-state index contributed by atoms with van der Waals surface area (Å²) in [5.41, 5.74) is 2.50. The van der Waals surface area contributed by atoms with E-state index in [1.807, 2.05) is 11.4 Å². The van der Waals surface area contributed by atoms with E-state index in [1.165, 1.54) is 33.8 Å². The van der Waals surface area contributed by atoms with Gasteiger partial charge < -0.3 is 0 Å². The zero-order valence-corrected chi connectivity index (χ0v) is 14.2. The Morgan fingerprint density at radius 2 is 2.18 bits per heavy atom. The van der Waals surface area contributed by atoms with E-state index in [-0.39, 0.29) is 5.91 Å². The molecule has 2 heterocycles. The van der Waals surface area contributed by atoms with Crippen molar-refractivity contribution in [2.24, 2.45) is 0 Å². The van der Waals surface area contributed by atoms with Gasteiger partial charge in [0.05, 0.1) is 4.88 Å². The molecule has 7 heteroatoms. The van der Waals surface area contributed by atoms with Gasteiger partial charge in [0.2, 0.25) is 5.13 Å². The van der Waals surface area contributed by atoms with Crippen LogP contribution >= 0.6 is 34.4 Å². The Bertz CT molecular complexity index is 768. The van der Waals surface area contributed by atoms with E-state index < -0.39 is 0 Å². The predicted molar refractivity (Wildman–Crippen MR) is 92.9 cm³/mol. The Morgan fingerprint density at radius 3 is 2.95 bits per heavy atom. The van der Waals surface area contributed by atoms with Crippen LogP contribution in [0.2, 0.25) is 0 Å². The van der Waals surface area contributed by atoms with Crippen LogP contribution in [0.4, 0.5) is 5.13 Å². The van der Waals surface area contributed by atoms with Crippen LogP contribution in [-0.2, 0) is 5.75 Å². The third kappa shape index (κ3) is 3.94. The monoisotopic (exact) mass is 347 g/mol. The molecule has 1 amide bonds. The summed E-state index contributed by atoms with van der Waals surface area (Å²) >= 11 is 4.42. The first-order valence-corrected chi connectivity index (χ1v) is 9.25. The average molecular weight is 347 g/mol. The Kier molecular flexibility index (Phi) is 4.87. The molecular formula is C15H13N3OS3. The Hall–Kier alpha value is -1.70. The van der Waals surface area contributed by atoms with E-state index in [9.17, 15) is 4.79 Å². The van der Waals surface area contributed by atoms with E-state index in [0.717, 1.165) is 10.1 Å². The number of thiophene rings is 1. The van der Waals surface area contributed by atoms with Crippen LogP contribution in [0.25, 0.3) is 0 Å². The number of amides is 1. The molecule has 0 atom stereocenters. The highest BCUT2D eigenvalue weighted by Gasteiger charge is 2.11. The fourth-order valence-corrected chi connectivity index (χ4v) is 4.14. The summed E-state index contributed by atoms with van der Waals surface area (Å²) in [7, 11) is 0. The van der Waals surface area contributed by atoms with Gasteiger partial charge in [0.25, 0.3) is 5.91 Å². The summed E-state index contributed by atoms with van der Waals surface area (Å²) < 4.78 is 0.850. The lowest BCUT2D eigenvalue weighted by Gasteiger charge is -1.99. The lowest BCUT2D eigenvalue weighted by molar-refractivity contribution is 0.103. The molecule has 1 N–H and O–H groups in total. The molecule has 0 saturated carbocycles. The van der Waals surface area contributed by atoms with Crippen LogP contribution in [0.1, 0.15) is 20.8 Å². The van der Waals surface area contributed by atoms with E-state index in [0.29, 0.717) is 10.0 Å². The zero-order chi connectivity index (χ0) is 15.4. The maximum atomic E-state index is 11.9. The number of carbonyl (C=O) groups is 1. The zero-order valence-electron chi connectivity index (χ0n) is 11.8. The molecule has 0 bridgehead atoms. The van der Waals surface area contributed by atoms with Crippen molar-refractivity contribution >= 4 is 45.5 Å². The minimum Gasteiger partial charge on any atom is -0.296 e. The maximum Gasteiger partial charge on any atom is 0.267 e. The highest BCUT2D eigenvalue weighted by Crippen LogP contribution is 2.28. The molecule has 0 aliphatic rings. The van der Waals surface area contributed by atoms with Crippen molar-refractivity contribution < 1.29 is 4.79 Å². The van der Waals surface area contributed by atoms with Gasteiger partial charge in [-0.15, -0.1) is 21.5 Å². The van der Waals surface area contributed by atoms with Crippen LogP contribution in [0.5, 0.6) is 0 Å². The van der Waals surface area contributed by atoms with E-state index in [4.69, 9.17) is 0 Å². The standard InChI is InChI=1S/C15H13N3OS3/c1-10-4-2-5-11(8-10)9-21-15-18-17-14(22-15)16-13(19)12-6-3-7-20-12/h2-8H,9H2,1H3,(H,16,17,19). The number of thioether (sulfide) groups is 1. The first kappa shape index (κ1) is 15.2. The molecule has 3 aromatic rings. The largest absolute Gasteiger partial charge is 0.296 e. The summed E-state index contributed by atoms with van der Waals surface area (Å²) in [5, 5.41) is 13.3. The van der Waals surface area contributed by atoms with Crippen molar-refractivity contribution in [3.63, 3.8) is 0 Å². The second-order valence-electron chi connectivity index (χ2n) is 4.58. The highest BCUT2D eigenvalue weighted by atomic mass is 32.2. The lowest BCUT2D eigenvalue weighted by Crippen LogP contribution is -2.09. The molecule has 4 nitrogen and oxygen atoms in total. The number of aromatic nitrogens is 2. The Balaban J connectivity index is 1.58. The molecule has 0 aliphatic heterocycles. The number of anilines is 1. The summed E-state index contributed by atoms with van der Waals surface area (Å²) in [6, 6.07) is 12.0. The van der Waals surface area contributed by atoms with Gasteiger partial charge in [-0.25, -0.2) is 0 Å². The Labute approximate surface area is 140 Å². The SMILES string of the molecule is Cc1cccc(CSc2nnc(NC(=O)c3cccs3)s2)c1. The highest BCUT2D eigenvalue weighted by molar-refractivity contribution is 8.00. The van der Waals surface area contributed by atoms with Gasteiger partial charge in [-0.3, -0.25) is 10.1 Å². The van der Waals surface area contributed by atoms with E-state index in [2.05, 4.69) is 46.7 Å². The minimum absolute atomic E-state index is 0.138. The molecule has 0 unspecified atom stereocenters. The summed E-state index contributed by atoms with van der Waals surface area (Å²) in [5.74, 6) is 0.705. The maximum absolute atomic E-state index is 11.9. The van der Waals surface area contributed by atoms with Crippen LogP contribution in [0, 0.1) is 6.92 Å². The number of nitrogens with zero attached hydrogens (tertiary/aromatic N) is 2. The molecule has 0 spiro atoms. The van der Waals surface area contributed by atoms with Gasteiger partial charge in [-0.2, -0.15) is 0 Å². The van der Waals surface area contributed by atoms with Gasteiger partial charge in [0.15, 0.2) is 4.34 Å². The van der Waals surface area contributed by atoms with Crippen molar-refractivity contribution in [3.8, 4) is 0 Å². The molecule has 22 heavy (non-hydrogen) atoms. The number of carbonyl (C=O) groups excluding carboxylic acids is 1. The predicted octanol–water partition coefficient (Wildman–Crippen LogP) is 4.45. The molecule has 3 rings (SSSR count). The quantitative estimate of drug-likeness (QED) is 0.547. The topological polar surface area (TPSA) is 54.9 Å². The molecule has 0 fully saturated rings. The van der Waals surface area contributed by atoms with Crippen molar-refractivity contribution in [3.05, 3.63) is 57.8 Å². The van der Waals surface area contributed by atoms with Gasteiger partial charge in [-0.05, 0) is 23.9 Å². The van der Waals surface area contributed by atoms with Crippen molar-refractivity contribution in [1.82, 2.24) is 10.2 Å². The number of nitrogens with one attached hydrogen (secondary N) is 1. The fourth-order valence-electron chi connectivity index (χ4n) is 1.83. The third-order valence-electron chi connectivity index (χ3n) is 2.82. The average Bonchev–Trinajstić information content (AvgIpc) is 3.17. The number of aryl methyl sites for hydroxylation is 1. The molecular weight excluding hydrogens is 334 g/mol. The van der Waals surface area contributed by atoms with Gasteiger partial charge >= 0.3 is 0 Å². The number of hydrogen-bond acceptors (Lipinski definition) is 6. The van der Waals surface area contributed by atoms with Crippen LogP contribution in [0.15, 0.2) is 46.1 Å². The normalized spacial score (nSPS) is 10.6. The van der Waals surface area contributed by atoms with Crippen LogP contribution in [0.3, 0.4) is 0 Å². The van der Waals surface area contributed by atoms with Crippen molar-refractivity contribution in [2.75, 3.05) is 5.32 Å². The molecule has 0 radical (unpaired) electrons. The summed E-state index contributed by atoms with van der Waals surface area (Å²) in [4.78, 5) is 12.6. The summed E-state index contributed by atoms with van der Waals surface area (Å²) in [6.45, 7) is 2.08. The second kappa shape index (κ2) is 7.04. The van der Waals surface area contributed by atoms with Gasteiger partial charge in [-0.1, -0.05) is 59.0 Å².